The highest BCUT2D eigenvalue weighted by atomic mass is 35.5. The number of nitrogens with one attached hydrogen (secondary N) is 2. The van der Waals surface area contributed by atoms with Gasteiger partial charge in [0.05, 0.1) is 7.11 Å². The van der Waals surface area contributed by atoms with Crippen LogP contribution in [0.2, 0.25) is 5.15 Å². The molecular formula is C6H9ClN4O3S. The molecule has 0 bridgehead atoms. The van der Waals surface area contributed by atoms with Gasteiger partial charge in [-0.3, -0.25) is 0 Å². The number of rotatable bonds is 4. The smallest absolute Gasteiger partial charge is 0.301 e. The molecule has 0 fully saturated rings. The first-order valence-electron chi connectivity index (χ1n) is 3.76. The van der Waals surface area contributed by atoms with Crippen molar-refractivity contribution in [3.63, 3.8) is 0 Å². The second-order valence-corrected chi connectivity index (χ2v) is 4.37. The van der Waals surface area contributed by atoms with Crippen molar-refractivity contribution in [1.29, 1.82) is 0 Å². The molecule has 84 valence electrons. The van der Waals surface area contributed by atoms with Crippen LogP contribution in [-0.4, -0.2) is 32.5 Å². The quantitative estimate of drug-likeness (QED) is 0.737. The van der Waals surface area contributed by atoms with Gasteiger partial charge >= 0.3 is 10.2 Å². The van der Waals surface area contributed by atoms with E-state index < -0.39 is 10.2 Å². The zero-order valence-corrected chi connectivity index (χ0v) is 9.56. The van der Waals surface area contributed by atoms with Gasteiger partial charge in [-0.2, -0.15) is 13.4 Å². The van der Waals surface area contributed by atoms with Crippen molar-refractivity contribution in [1.82, 2.24) is 14.7 Å². The summed E-state index contributed by atoms with van der Waals surface area (Å²) in [6.45, 7) is 0. The molecule has 9 heteroatoms. The second kappa shape index (κ2) is 4.60. The summed E-state index contributed by atoms with van der Waals surface area (Å²) in [7, 11) is -1.02. The third-order valence-corrected chi connectivity index (χ3v) is 2.56. The van der Waals surface area contributed by atoms with Crippen LogP contribution in [-0.2, 0) is 10.2 Å². The van der Waals surface area contributed by atoms with E-state index in [1.807, 2.05) is 4.72 Å². The topological polar surface area (TPSA) is 93.2 Å². The van der Waals surface area contributed by atoms with Gasteiger partial charge in [-0.25, -0.2) is 14.4 Å². The summed E-state index contributed by atoms with van der Waals surface area (Å²) in [5.74, 6) is 0.0116. The highest BCUT2D eigenvalue weighted by molar-refractivity contribution is 7.90. The maximum atomic E-state index is 11.1. The Balaban J connectivity index is 3.00. The number of hydrogen-bond donors (Lipinski definition) is 2. The zero-order chi connectivity index (χ0) is 11.5. The number of anilines is 1. The van der Waals surface area contributed by atoms with Crippen molar-refractivity contribution in [2.75, 3.05) is 18.9 Å². The van der Waals surface area contributed by atoms with E-state index >= 15 is 0 Å². The molecular weight excluding hydrogens is 244 g/mol. The molecule has 0 aliphatic carbocycles. The van der Waals surface area contributed by atoms with E-state index in [9.17, 15) is 8.42 Å². The third-order valence-electron chi connectivity index (χ3n) is 1.37. The Morgan fingerprint density at radius 3 is 2.67 bits per heavy atom. The Morgan fingerprint density at radius 1 is 1.47 bits per heavy atom. The number of aromatic nitrogens is 2. The van der Waals surface area contributed by atoms with Crippen molar-refractivity contribution < 1.29 is 13.2 Å². The van der Waals surface area contributed by atoms with Gasteiger partial charge < -0.3 is 4.74 Å². The molecule has 0 aliphatic heterocycles. The molecule has 1 aromatic rings. The Labute approximate surface area is 92.0 Å². The van der Waals surface area contributed by atoms with E-state index in [2.05, 4.69) is 14.7 Å². The van der Waals surface area contributed by atoms with Gasteiger partial charge in [0.15, 0.2) is 0 Å². The molecule has 0 saturated heterocycles. The Bertz CT molecular complexity index is 450. The second-order valence-electron chi connectivity index (χ2n) is 2.37. The molecule has 1 aromatic heterocycles. The molecule has 1 heterocycles. The number of nitrogens with zero attached hydrogens (tertiary/aromatic N) is 2. The van der Waals surface area contributed by atoms with Crippen LogP contribution in [0, 0.1) is 0 Å². The molecule has 0 saturated carbocycles. The minimum atomic E-state index is -3.65. The van der Waals surface area contributed by atoms with Crippen LogP contribution in [0.3, 0.4) is 0 Å². The molecule has 7 nitrogen and oxygen atoms in total. The van der Waals surface area contributed by atoms with Gasteiger partial charge in [0.25, 0.3) is 0 Å². The monoisotopic (exact) mass is 252 g/mol. The lowest BCUT2D eigenvalue weighted by Crippen LogP contribution is -2.27. The first kappa shape index (κ1) is 12.0. The van der Waals surface area contributed by atoms with E-state index in [1.165, 1.54) is 20.2 Å². The normalized spacial score (nSPS) is 11.1. The highest BCUT2D eigenvalue weighted by Gasteiger charge is 2.10. The molecule has 0 atom stereocenters. The summed E-state index contributed by atoms with van der Waals surface area (Å²) in [6.07, 6.45) is 0. The number of hydrogen-bond acceptors (Lipinski definition) is 5. The van der Waals surface area contributed by atoms with Crippen molar-refractivity contribution in [3.05, 3.63) is 11.2 Å². The Hall–Kier alpha value is -1.12. The zero-order valence-electron chi connectivity index (χ0n) is 7.98. The maximum absolute atomic E-state index is 11.1. The average Bonchev–Trinajstić information content (AvgIpc) is 2.16. The van der Waals surface area contributed by atoms with Crippen molar-refractivity contribution in [2.45, 2.75) is 0 Å². The Kier molecular flexibility index (Phi) is 3.66. The molecule has 2 N–H and O–H groups in total. The molecule has 0 aromatic carbocycles. The minimum absolute atomic E-state index is 0.0793. The van der Waals surface area contributed by atoms with Crippen molar-refractivity contribution in [2.24, 2.45) is 0 Å². The fourth-order valence-corrected chi connectivity index (χ4v) is 1.33. The van der Waals surface area contributed by atoms with Crippen molar-refractivity contribution >= 4 is 27.8 Å². The first-order valence-corrected chi connectivity index (χ1v) is 5.63. The van der Waals surface area contributed by atoms with Gasteiger partial charge in [0.1, 0.15) is 5.15 Å². The number of methoxy groups -OCH3 is 1. The molecule has 0 aliphatic rings. The summed E-state index contributed by atoms with van der Waals surface area (Å²) in [6, 6.07) is 1.36. The van der Waals surface area contributed by atoms with Gasteiger partial charge in [-0.05, 0) is 0 Å². The standard InChI is InChI=1S/C6H9ClN4O3S/c1-8-15(12,13)11-6-9-4(7)3-5(10-6)14-2/h3,8H,1-2H3,(H,9,10,11). The van der Waals surface area contributed by atoms with Crippen molar-refractivity contribution in [3.8, 4) is 5.88 Å². The minimum Gasteiger partial charge on any atom is -0.481 e. The summed E-state index contributed by atoms with van der Waals surface area (Å²) in [5.41, 5.74) is 0. The largest absolute Gasteiger partial charge is 0.481 e. The summed E-state index contributed by atoms with van der Waals surface area (Å²) < 4.78 is 31.1. The SMILES string of the molecule is CNS(=O)(=O)Nc1nc(Cl)cc(OC)n1. The molecule has 15 heavy (non-hydrogen) atoms. The van der Waals surface area contributed by atoms with Crippen LogP contribution < -0.4 is 14.2 Å². The van der Waals surface area contributed by atoms with Gasteiger partial charge in [0.2, 0.25) is 11.8 Å². The summed E-state index contributed by atoms with van der Waals surface area (Å²) in [4.78, 5) is 7.40. The van der Waals surface area contributed by atoms with E-state index in [0.717, 1.165) is 0 Å². The molecule has 0 spiro atoms. The lowest BCUT2D eigenvalue weighted by atomic mass is 10.6. The van der Waals surface area contributed by atoms with Gasteiger partial charge in [0, 0.05) is 13.1 Å². The molecule has 0 amide bonds. The third kappa shape index (κ3) is 3.50. The van der Waals surface area contributed by atoms with Crippen LogP contribution in [0.1, 0.15) is 0 Å². The number of ether oxygens (including phenoxy) is 1. The van der Waals surface area contributed by atoms with Gasteiger partial charge in [-0.1, -0.05) is 11.6 Å². The molecule has 0 radical (unpaired) electrons. The van der Waals surface area contributed by atoms with Crippen LogP contribution in [0.4, 0.5) is 5.95 Å². The average molecular weight is 253 g/mol. The Morgan fingerprint density at radius 2 is 2.13 bits per heavy atom. The molecule has 1 rings (SSSR count). The van der Waals surface area contributed by atoms with Crippen LogP contribution >= 0.6 is 11.6 Å². The fraction of sp³-hybridized carbons (Fsp3) is 0.333. The lowest BCUT2D eigenvalue weighted by molar-refractivity contribution is 0.397. The van der Waals surface area contributed by atoms with Crippen LogP contribution in [0.15, 0.2) is 6.07 Å². The van der Waals surface area contributed by atoms with E-state index in [1.54, 1.807) is 0 Å². The maximum Gasteiger partial charge on any atom is 0.301 e. The fourth-order valence-electron chi connectivity index (χ4n) is 0.718. The predicted molar refractivity (Wildman–Crippen MR) is 55.2 cm³/mol. The molecule has 0 unspecified atom stereocenters. The predicted octanol–water partition coefficient (Wildman–Crippen LogP) is 0.0147. The summed E-state index contributed by atoms with van der Waals surface area (Å²) >= 11 is 5.61. The lowest BCUT2D eigenvalue weighted by Gasteiger charge is -2.06. The van der Waals surface area contributed by atoms with Gasteiger partial charge in [-0.15, -0.1) is 0 Å². The highest BCUT2D eigenvalue weighted by Crippen LogP contribution is 2.15. The van der Waals surface area contributed by atoms with E-state index in [4.69, 9.17) is 16.3 Å². The first-order chi connectivity index (χ1) is 6.96. The van der Waals surface area contributed by atoms with E-state index in [0.29, 0.717) is 0 Å². The van der Waals surface area contributed by atoms with Crippen LogP contribution in [0.25, 0.3) is 0 Å². The van der Waals surface area contributed by atoms with E-state index in [-0.39, 0.29) is 17.0 Å². The summed E-state index contributed by atoms with van der Waals surface area (Å²) in [5, 5.41) is 0.0793. The van der Waals surface area contributed by atoms with Crippen LogP contribution in [0.5, 0.6) is 5.88 Å². The number of halogens is 1.